The molecule has 1 atom stereocenters. The molecule has 0 bridgehead atoms. The molecule has 1 unspecified atom stereocenters. The van der Waals surface area contributed by atoms with Crippen molar-refractivity contribution in [2.75, 3.05) is 13.1 Å². The van der Waals surface area contributed by atoms with E-state index in [1.54, 1.807) is 0 Å². The highest BCUT2D eigenvalue weighted by Gasteiger charge is 2.31. The van der Waals surface area contributed by atoms with Crippen molar-refractivity contribution in [3.63, 3.8) is 0 Å². The van der Waals surface area contributed by atoms with E-state index in [1.165, 1.54) is 12.8 Å². The summed E-state index contributed by atoms with van der Waals surface area (Å²) < 4.78 is 0. The second-order valence-corrected chi connectivity index (χ2v) is 6.45. The fourth-order valence-corrected chi connectivity index (χ4v) is 3.37. The summed E-state index contributed by atoms with van der Waals surface area (Å²) in [6, 6.07) is 0. The Hall–Kier alpha value is -0.640. The van der Waals surface area contributed by atoms with Crippen LogP contribution >= 0.6 is 12.2 Å². The molecule has 2 rings (SSSR count). The SMILES string of the molecule is CC1CCC(C(=O)N2CCCC(C(N)=S)C2)CC1. The third kappa shape index (κ3) is 3.22. The molecule has 1 saturated carbocycles. The molecule has 3 nitrogen and oxygen atoms in total. The van der Waals surface area contributed by atoms with Gasteiger partial charge < -0.3 is 10.6 Å². The summed E-state index contributed by atoms with van der Waals surface area (Å²) in [6.45, 7) is 3.93. The molecule has 0 aromatic carbocycles. The molecule has 1 aliphatic carbocycles. The van der Waals surface area contributed by atoms with Crippen LogP contribution in [0.5, 0.6) is 0 Å². The number of carbonyl (C=O) groups excluding carboxylic acids is 1. The van der Waals surface area contributed by atoms with Crippen molar-refractivity contribution < 1.29 is 4.79 Å². The van der Waals surface area contributed by atoms with Crippen LogP contribution in [0.4, 0.5) is 0 Å². The van der Waals surface area contributed by atoms with Gasteiger partial charge in [-0.15, -0.1) is 0 Å². The predicted molar refractivity (Wildman–Crippen MR) is 77.2 cm³/mol. The van der Waals surface area contributed by atoms with Crippen LogP contribution in [0.25, 0.3) is 0 Å². The third-order valence-electron chi connectivity index (χ3n) is 4.50. The van der Waals surface area contributed by atoms with Gasteiger partial charge in [-0.3, -0.25) is 4.79 Å². The number of likely N-dealkylation sites (tertiary alicyclic amines) is 1. The number of nitrogens with two attached hydrogens (primary N) is 1. The van der Waals surface area contributed by atoms with E-state index < -0.39 is 0 Å². The molecule has 102 valence electrons. The number of piperidine rings is 1. The van der Waals surface area contributed by atoms with Crippen molar-refractivity contribution >= 4 is 23.1 Å². The summed E-state index contributed by atoms with van der Waals surface area (Å²) >= 11 is 5.07. The highest BCUT2D eigenvalue weighted by Crippen LogP contribution is 2.30. The van der Waals surface area contributed by atoms with Crippen LogP contribution < -0.4 is 5.73 Å². The summed E-state index contributed by atoms with van der Waals surface area (Å²) in [5, 5.41) is 0. The molecule has 0 aromatic heterocycles. The van der Waals surface area contributed by atoms with Gasteiger partial charge >= 0.3 is 0 Å². The average Bonchev–Trinajstić information content (AvgIpc) is 2.39. The lowest BCUT2D eigenvalue weighted by molar-refractivity contribution is -0.138. The third-order valence-corrected chi connectivity index (χ3v) is 4.83. The zero-order valence-corrected chi connectivity index (χ0v) is 12.0. The van der Waals surface area contributed by atoms with Gasteiger partial charge in [0.2, 0.25) is 5.91 Å². The van der Waals surface area contributed by atoms with Crippen molar-refractivity contribution in [3.8, 4) is 0 Å². The van der Waals surface area contributed by atoms with E-state index in [-0.39, 0.29) is 11.8 Å². The average molecular weight is 268 g/mol. The van der Waals surface area contributed by atoms with Gasteiger partial charge in [-0.2, -0.15) is 0 Å². The maximum atomic E-state index is 12.5. The number of nitrogens with zero attached hydrogens (tertiary/aromatic N) is 1. The predicted octanol–water partition coefficient (Wildman–Crippen LogP) is 2.34. The molecular weight excluding hydrogens is 244 g/mol. The summed E-state index contributed by atoms with van der Waals surface area (Å²) in [7, 11) is 0. The van der Waals surface area contributed by atoms with Crippen LogP contribution in [0.2, 0.25) is 0 Å². The van der Waals surface area contributed by atoms with Crippen LogP contribution in [-0.2, 0) is 4.79 Å². The Balaban J connectivity index is 1.90. The Morgan fingerprint density at radius 1 is 1.17 bits per heavy atom. The highest BCUT2D eigenvalue weighted by atomic mass is 32.1. The molecule has 2 N–H and O–H groups in total. The minimum atomic E-state index is 0.236. The van der Waals surface area contributed by atoms with Crippen LogP contribution in [0.3, 0.4) is 0 Å². The van der Waals surface area contributed by atoms with Crippen LogP contribution in [0.1, 0.15) is 45.4 Å². The number of rotatable bonds is 2. The van der Waals surface area contributed by atoms with E-state index in [4.69, 9.17) is 18.0 Å². The second kappa shape index (κ2) is 6.00. The quantitative estimate of drug-likeness (QED) is 0.782. The Kier molecular flexibility index (Phi) is 4.60. The maximum absolute atomic E-state index is 12.5. The summed E-state index contributed by atoms with van der Waals surface area (Å²) in [4.78, 5) is 15.1. The van der Waals surface area contributed by atoms with E-state index >= 15 is 0 Å². The van der Waals surface area contributed by atoms with E-state index in [0.717, 1.165) is 44.7 Å². The van der Waals surface area contributed by atoms with Crippen molar-refractivity contribution in [1.29, 1.82) is 0 Å². The standard InChI is InChI=1S/C14H24N2OS/c1-10-4-6-11(7-5-10)14(17)16-8-2-3-12(9-16)13(15)18/h10-12H,2-9H2,1H3,(H2,15,18). The monoisotopic (exact) mass is 268 g/mol. The van der Waals surface area contributed by atoms with Crippen molar-refractivity contribution in [1.82, 2.24) is 4.90 Å². The number of hydrogen-bond acceptors (Lipinski definition) is 2. The molecule has 2 aliphatic rings. The van der Waals surface area contributed by atoms with Crippen LogP contribution in [-0.4, -0.2) is 28.9 Å². The molecule has 1 aliphatic heterocycles. The van der Waals surface area contributed by atoms with Crippen molar-refractivity contribution in [2.24, 2.45) is 23.5 Å². The minimum absolute atomic E-state index is 0.236. The van der Waals surface area contributed by atoms with E-state index in [0.29, 0.717) is 10.9 Å². The van der Waals surface area contributed by atoms with Gasteiger partial charge in [-0.1, -0.05) is 19.1 Å². The molecule has 2 fully saturated rings. The van der Waals surface area contributed by atoms with Gasteiger partial charge in [0.15, 0.2) is 0 Å². The van der Waals surface area contributed by atoms with Crippen molar-refractivity contribution in [2.45, 2.75) is 45.4 Å². The van der Waals surface area contributed by atoms with Crippen LogP contribution in [0, 0.1) is 17.8 Å². The fraction of sp³-hybridized carbons (Fsp3) is 0.857. The maximum Gasteiger partial charge on any atom is 0.225 e. The summed E-state index contributed by atoms with van der Waals surface area (Å²) in [5.41, 5.74) is 5.72. The molecule has 0 spiro atoms. The van der Waals surface area contributed by atoms with Gasteiger partial charge in [-0.05, 0) is 44.4 Å². The van der Waals surface area contributed by atoms with E-state index in [1.807, 2.05) is 4.90 Å². The lowest BCUT2D eigenvalue weighted by Gasteiger charge is -2.36. The minimum Gasteiger partial charge on any atom is -0.393 e. The highest BCUT2D eigenvalue weighted by molar-refractivity contribution is 7.80. The number of amides is 1. The Morgan fingerprint density at radius 2 is 1.83 bits per heavy atom. The molecular formula is C14H24N2OS. The molecule has 0 aromatic rings. The molecule has 18 heavy (non-hydrogen) atoms. The lowest BCUT2D eigenvalue weighted by atomic mass is 9.82. The first-order chi connectivity index (χ1) is 8.58. The van der Waals surface area contributed by atoms with E-state index in [2.05, 4.69) is 6.92 Å². The second-order valence-electron chi connectivity index (χ2n) is 5.98. The Morgan fingerprint density at radius 3 is 2.44 bits per heavy atom. The Labute approximate surface area is 115 Å². The van der Waals surface area contributed by atoms with Gasteiger partial charge in [0, 0.05) is 24.9 Å². The lowest BCUT2D eigenvalue weighted by Crippen LogP contribution is -2.46. The number of carbonyl (C=O) groups is 1. The first-order valence-electron chi connectivity index (χ1n) is 7.16. The smallest absolute Gasteiger partial charge is 0.225 e. The van der Waals surface area contributed by atoms with E-state index in [9.17, 15) is 4.79 Å². The molecule has 1 saturated heterocycles. The van der Waals surface area contributed by atoms with Crippen LogP contribution in [0.15, 0.2) is 0 Å². The first kappa shape index (κ1) is 13.8. The summed E-state index contributed by atoms with van der Waals surface area (Å²) in [5.74, 6) is 1.63. The first-order valence-corrected chi connectivity index (χ1v) is 7.57. The summed E-state index contributed by atoms with van der Waals surface area (Å²) in [6.07, 6.45) is 6.60. The fourth-order valence-electron chi connectivity index (χ4n) is 3.17. The topological polar surface area (TPSA) is 46.3 Å². The zero-order valence-electron chi connectivity index (χ0n) is 11.2. The molecule has 0 radical (unpaired) electrons. The normalized spacial score (nSPS) is 33.2. The molecule has 1 amide bonds. The van der Waals surface area contributed by atoms with Gasteiger partial charge in [0.25, 0.3) is 0 Å². The molecule has 1 heterocycles. The number of thiocarbonyl (C=S) groups is 1. The van der Waals surface area contributed by atoms with Gasteiger partial charge in [0.1, 0.15) is 0 Å². The van der Waals surface area contributed by atoms with Crippen molar-refractivity contribution in [3.05, 3.63) is 0 Å². The largest absolute Gasteiger partial charge is 0.393 e. The van der Waals surface area contributed by atoms with Gasteiger partial charge in [-0.25, -0.2) is 0 Å². The zero-order chi connectivity index (χ0) is 13.1. The molecule has 4 heteroatoms. The number of hydrogen-bond donors (Lipinski definition) is 1. The van der Waals surface area contributed by atoms with Gasteiger partial charge in [0.05, 0.1) is 4.99 Å². The Bertz CT molecular complexity index is 324.